The first-order valence-corrected chi connectivity index (χ1v) is 24.0. The van der Waals surface area contributed by atoms with Gasteiger partial charge in [-0.1, -0.05) is 39.3 Å². The van der Waals surface area contributed by atoms with Gasteiger partial charge in [-0.2, -0.15) is 0 Å². The summed E-state index contributed by atoms with van der Waals surface area (Å²) in [5.74, 6) is 0.00220. The molecule has 12 N–H and O–H groups in total. The van der Waals surface area contributed by atoms with E-state index in [9.17, 15) is 61.3 Å². The van der Waals surface area contributed by atoms with E-state index in [1.54, 1.807) is 0 Å². The largest absolute Gasteiger partial charge is 0.394 e. The lowest BCUT2D eigenvalue weighted by Crippen LogP contribution is -2.64. The number of rotatable bonds is 16. The Balaban J connectivity index is 1.20. The molecule has 18 nitrogen and oxygen atoms in total. The van der Waals surface area contributed by atoms with Gasteiger partial charge in [0.25, 0.3) is 0 Å². The van der Waals surface area contributed by atoms with E-state index >= 15 is 0 Å². The molecule has 0 aromatic carbocycles. The average Bonchev–Trinajstić information content (AvgIpc) is 3.65. The number of ether oxygens (including phenoxy) is 6. The van der Waals surface area contributed by atoms with Gasteiger partial charge in [-0.25, -0.2) is 0 Å². The molecular formula is C47H82O18. The highest BCUT2D eigenvalue weighted by Gasteiger charge is 2.69. The Hall–Kier alpha value is -0.980. The third-order valence-corrected chi connectivity index (χ3v) is 17.7. The summed E-state index contributed by atoms with van der Waals surface area (Å²) in [6, 6.07) is 0. The van der Waals surface area contributed by atoms with E-state index < -0.39 is 130 Å². The molecule has 378 valence electrons. The summed E-state index contributed by atoms with van der Waals surface area (Å²) in [5, 5.41) is 128. The molecule has 0 amide bonds. The second-order valence-corrected chi connectivity index (χ2v) is 21.8. The molecule has 0 aromatic rings. The lowest BCUT2D eigenvalue weighted by molar-refractivity contribution is -0.349. The minimum absolute atomic E-state index is 0.121. The van der Waals surface area contributed by atoms with Crippen LogP contribution in [-0.4, -0.2) is 191 Å². The van der Waals surface area contributed by atoms with E-state index in [0.29, 0.717) is 38.0 Å². The first-order chi connectivity index (χ1) is 30.4. The van der Waals surface area contributed by atoms with E-state index in [1.165, 1.54) is 0 Å². The first-order valence-electron chi connectivity index (χ1n) is 24.0. The lowest BCUT2D eigenvalue weighted by atomic mass is 9.38. The molecule has 3 aliphatic carbocycles. The van der Waals surface area contributed by atoms with Crippen molar-refractivity contribution in [2.45, 2.75) is 223 Å². The molecule has 18 heteroatoms. The Bertz CT molecular complexity index is 1580. The fourth-order valence-corrected chi connectivity index (χ4v) is 13.2. The predicted molar refractivity (Wildman–Crippen MR) is 231 cm³/mol. The second-order valence-electron chi connectivity index (χ2n) is 21.8. The molecular weight excluding hydrogens is 852 g/mol. The number of hydrogen-bond acceptors (Lipinski definition) is 18. The van der Waals surface area contributed by atoms with Crippen molar-refractivity contribution in [3.05, 3.63) is 11.6 Å². The van der Waals surface area contributed by atoms with Crippen LogP contribution in [0.25, 0.3) is 0 Å². The Kier molecular flexibility index (Phi) is 17.1. The average molecular weight is 935 g/mol. The van der Waals surface area contributed by atoms with Crippen molar-refractivity contribution in [1.29, 1.82) is 0 Å². The molecule has 3 saturated heterocycles. The van der Waals surface area contributed by atoms with E-state index in [2.05, 4.69) is 33.8 Å². The molecule has 65 heavy (non-hydrogen) atoms. The van der Waals surface area contributed by atoms with E-state index in [-0.39, 0.29) is 34.0 Å². The molecule has 0 aromatic heterocycles. The van der Waals surface area contributed by atoms with Crippen LogP contribution in [0.4, 0.5) is 0 Å². The molecule has 6 rings (SSSR count). The zero-order chi connectivity index (χ0) is 48.1. The molecule has 3 heterocycles. The minimum atomic E-state index is -1.72. The summed E-state index contributed by atoms with van der Waals surface area (Å²) in [4.78, 5) is 0. The molecule has 0 bridgehead atoms. The van der Waals surface area contributed by atoms with Crippen LogP contribution >= 0.6 is 0 Å². The van der Waals surface area contributed by atoms with Crippen molar-refractivity contribution in [1.82, 2.24) is 0 Å². The molecule has 25 atom stereocenters. The van der Waals surface area contributed by atoms with Crippen molar-refractivity contribution in [2.24, 2.45) is 39.9 Å². The Labute approximate surface area is 383 Å². The predicted octanol–water partition coefficient (Wildman–Crippen LogP) is -0.0268. The van der Waals surface area contributed by atoms with Gasteiger partial charge in [0, 0.05) is 0 Å². The van der Waals surface area contributed by atoms with Crippen molar-refractivity contribution < 1.29 is 89.7 Å². The van der Waals surface area contributed by atoms with Gasteiger partial charge in [-0.05, 0) is 125 Å². The third kappa shape index (κ3) is 10.0. The van der Waals surface area contributed by atoms with Crippen molar-refractivity contribution in [3.8, 4) is 0 Å². The SMILES string of the molecule is CC(C)=CCC[C@](C)(O[C@@H]1O[C@H](CO[C@@H]2O[C@H](CO)[C@@H](O)[C@H](O)[C@H]2O)[C@@H](O)[C@H](O)[C@H]1O)[C@H]1CC[C@]2(C)[C@@H]1[C@H](O)C[C@@H]1[C@@](C)(CC[C@@H](C)O[C@@H]3O[C@H](CO)[C@@H](O)[C@H](O)[C@H]3O)[C@H](C)CC[C@]12C. The molecule has 3 saturated carbocycles. The van der Waals surface area contributed by atoms with Crippen molar-refractivity contribution >= 4 is 0 Å². The molecule has 6 aliphatic rings. The van der Waals surface area contributed by atoms with Crippen LogP contribution in [0, 0.1) is 39.9 Å². The fraction of sp³-hybridized carbons (Fsp3) is 0.957. The number of hydrogen-bond donors (Lipinski definition) is 12. The topological polar surface area (TPSA) is 298 Å². The second kappa shape index (κ2) is 20.8. The number of aliphatic hydroxyl groups excluding tert-OH is 12. The number of fused-ring (bicyclic) bond motifs is 3. The normalized spacial score (nSPS) is 50.5. The summed E-state index contributed by atoms with van der Waals surface area (Å²) >= 11 is 0. The van der Waals surface area contributed by atoms with Gasteiger partial charge in [0.2, 0.25) is 0 Å². The highest BCUT2D eigenvalue weighted by atomic mass is 16.7. The molecule has 0 unspecified atom stereocenters. The monoisotopic (exact) mass is 935 g/mol. The van der Waals surface area contributed by atoms with E-state index in [4.69, 9.17) is 28.4 Å². The van der Waals surface area contributed by atoms with Crippen LogP contribution in [-0.2, 0) is 28.4 Å². The maximum atomic E-state index is 12.6. The Morgan fingerprint density at radius 1 is 0.708 bits per heavy atom. The summed E-state index contributed by atoms with van der Waals surface area (Å²) in [7, 11) is 0. The van der Waals surface area contributed by atoms with Crippen molar-refractivity contribution in [2.75, 3.05) is 19.8 Å². The van der Waals surface area contributed by atoms with Crippen LogP contribution in [0.2, 0.25) is 0 Å². The van der Waals surface area contributed by atoms with Gasteiger partial charge in [0.05, 0.1) is 37.6 Å². The van der Waals surface area contributed by atoms with Gasteiger partial charge >= 0.3 is 0 Å². The van der Waals surface area contributed by atoms with Gasteiger partial charge < -0.3 is 89.7 Å². The quantitative estimate of drug-likeness (QED) is 0.0905. The zero-order valence-corrected chi connectivity index (χ0v) is 39.5. The van der Waals surface area contributed by atoms with Crippen LogP contribution in [0.1, 0.15) is 113 Å². The summed E-state index contributed by atoms with van der Waals surface area (Å²) in [5.41, 5.74) is -0.677. The third-order valence-electron chi connectivity index (χ3n) is 17.7. The standard InChI is InChI=1S/C47H82O18/c1-22(2)10-9-14-47(8,65-43-40(59)37(56)34(53)29(64-43)21-60-41-38(57)35(54)32(51)27(19-48)62-41)25-13-17-46(7)31(25)26(50)18-30-44(5,23(3)11-16-45(30,46)6)15-12-24(4)61-42-39(58)36(55)33(52)28(20-49)63-42/h10,23-43,48-59H,9,11-21H2,1-8H3/t23-,24-,25+,26-,27-,28-,29-,30-,31+,32-,33-,34-,35+,36+,37+,38-,39-,40-,41-,42-,43+,44+,45-,46-,47+/m1/s1. The Morgan fingerprint density at radius 2 is 1.23 bits per heavy atom. The summed E-state index contributed by atoms with van der Waals surface area (Å²) < 4.78 is 36.0. The van der Waals surface area contributed by atoms with Crippen LogP contribution in [0.3, 0.4) is 0 Å². The van der Waals surface area contributed by atoms with Crippen LogP contribution in [0.15, 0.2) is 11.6 Å². The summed E-state index contributed by atoms with van der Waals surface area (Å²) in [6.07, 6.45) is -14.9. The van der Waals surface area contributed by atoms with E-state index in [1.807, 2.05) is 27.7 Å². The summed E-state index contributed by atoms with van der Waals surface area (Å²) in [6.45, 7) is 15.4. The highest BCUT2D eigenvalue weighted by molar-refractivity contribution is 5.18. The maximum Gasteiger partial charge on any atom is 0.187 e. The smallest absolute Gasteiger partial charge is 0.187 e. The van der Waals surface area contributed by atoms with Crippen LogP contribution in [0.5, 0.6) is 0 Å². The fourth-order valence-electron chi connectivity index (χ4n) is 13.2. The number of allylic oxidation sites excluding steroid dienone is 2. The van der Waals surface area contributed by atoms with Gasteiger partial charge in [-0.3, -0.25) is 0 Å². The molecule has 0 radical (unpaired) electrons. The van der Waals surface area contributed by atoms with Gasteiger partial charge in [-0.15, -0.1) is 0 Å². The van der Waals surface area contributed by atoms with Crippen molar-refractivity contribution in [3.63, 3.8) is 0 Å². The van der Waals surface area contributed by atoms with Crippen LogP contribution < -0.4 is 0 Å². The van der Waals surface area contributed by atoms with Gasteiger partial charge in [0.1, 0.15) is 73.2 Å². The van der Waals surface area contributed by atoms with Gasteiger partial charge in [0.15, 0.2) is 18.9 Å². The zero-order valence-electron chi connectivity index (χ0n) is 39.5. The molecule has 6 fully saturated rings. The van der Waals surface area contributed by atoms with E-state index in [0.717, 1.165) is 31.3 Å². The molecule has 3 aliphatic heterocycles. The maximum absolute atomic E-state index is 12.6. The molecule has 0 spiro atoms. The highest BCUT2D eigenvalue weighted by Crippen LogP contribution is 2.74. The number of aliphatic hydroxyl groups is 12. The first kappa shape index (κ1) is 53.4. The lowest BCUT2D eigenvalue weighted by Gasteiger charge is -2.67. The Morgan fingerprint density at radius 3 is 1.82 bits per heavy atom. The minimum Gasteiger partial charge on any atom is -0.394 e.